The lowest BCUT2D eigenvalue weighted by molar-refractivity contribution is 0.106. The minimum absolute atomic E-state index is 0.203. The van der Waals surface area contributed by atoms with Crippen LogP contribution in [-0.2, 0) is 11.2 Å². The van der Waals surface area contributed by atoms with Crippen LogP contribution in [0.5, 0.6) is 0 Å². The summed E-state index contributed by atoms with van der Waals surface area (Å²) >= 11 is 0. The minimum Gasteiger partial charge on any atom is -0.378 e. The van der Waals surface area contributed by atoms with Gasteiger partial charge in [-0.15, -0.1) is 0 Å². The number of rotatable bonds is 7. The fraction of sp³-hybridized carbons (Fsp3) is 0.526. The second-order valence-electron chi connectivity index (χ2n) is 6.36. The third kappa shape index (κ3) is 4.95. The lowest BCUT2D eigenvalue weighted by Crippen LogP contribution is -2.38. The summed E-state index contributed by atoms with van der Waals surface area (Å²) in [7, 11) is 0. The van der Waals surface area contributed by atoms with Crippen molar-refractivity contribution in [1.29, 1.82) is 0 Å². The summed E-state index contributed by atoms with van der Waals surface area (Å²) in [5.41, 5.74) is 2.07. The number of ether oxygens (including phenoxy) is 1. The predicted molar refractivity (Wildman–Crippen MR) is 99.5 cm³/mol. The number of benzene rings is 1. The van der Waals surface area contributed by atoms with Gasteiger partial charge in [-0.2, -0.15) is 0 Å². The Bertz CT molecular complexity index is 707. The molecule has 2 aromatic rings. The Morgan fingerprint density at radius 1 is 1.40 bits per heavy atom. The number of aromatic nitrogens is 1. The number of aromatic amines is 1. The van der Waals surface area contributed by atoms with E-state index in [2.05, 4.69) is 27.5 Å². The van der Waals surface area contributed by atoms with Gasteiger partial charge in [0, 0.05) is 43.3 Å². The first-order valence-corrected chi connectivity index (χ1v) is 9.15. The van der Waals surface area contributed by atoms with Gasteiger partial charge in [0.25, 0.3) is 0 Å². The van der Waals surface area contributed by atoms with Crippen molar-refractivity contribution < 1.29 is 9.13 Å². The lowest BCUT2D eigenvalue weighted by atomic mass is 10.1. The van der Waals surface area contributed by atoms with Gasteiger partial charge in [-0.3, -0.25) is 4.99 Å². The highest BCUT2D eigenvalue weighted by Gasteiger charge is 2.14. The number of nitrogens with one attached hydrogen (secondary N) is 3. The second kappa shape index (κ2) is 8.85. The molecule has 5 nitrogen and oxygen atoms in total. The van der Waals surface area contributed by atoms with Crippen molar-refractivity contribution in [2.45, 2.75) is 38.7 Å². The van der Waals surface area contributed by atoms with Crippen LogP contribution in [0.15, 0.2) is 29.4 Å². The van der Waals surface area contributed by atoms with Crippen LogP contribution in [0.25, 0.3) is 10.9 Å². The van der Waals surface area contributed by atoms with E-state index in [1.807, 2.05) is 6.20 Å². The summed E-state index contributed by atoms with van der Waals surface area (Å²) in [6, 6.07) is 4.84. The van der Waals surface area contributed by atoms with Gasteiger partial charge < -0.3 is 20.4 Å². The zero-order valence-corrected chi connectivity index (χ0v) is 14.8. The van der Waals surface area contributed by atoms with E-state index in [-0.39, 0.29) is 5.82 Å². The number of nitrogens with zero attached hydrogens (tertiary/aromatic N) is 1. The fourth-order valence-corrected chi connectivity index (χ4v) is 3.21. The largest absolute Gasteiger partial charge is 0.378 e. The molecule has 1 saturated heterocycles. The van der Waals surface area contributed by atoms with Crippen LogP contribution in [0.1, 0.15) is 31.7 Å². The van der Waals surface area contributed by atoms with Crippen LogP contribution in [0.4, 0.5) is 4.39 Å². The monoisotopic (exact) mass is 346 g/mol. The molecule has 136 valence electrons. The number of hydrogen-bond acceptors (Lipinski definition) is 2. The molecule has 25 heavy (non-hydrogen) atoms. The van der Waals surface area contributed by atoms with E-state index >= 15 is 0 Å². The van der Waals surface area contributed by atoms with Crippen LogP contribution in [0, 0.1) is 5.82 Å². The molecular formula is C19H27FN4O. The van der Waals surface area contributed by atoms with Crippen molar-refractivity contribution in [3.05, 3.63) is 35.8 Å². The van der Waals surface area contributed by atoms with Gasteiger partial charge in [0.15, 0.2) is 5.96 Å². The normalized spacial score (nSPS) is 18.0. The summed E-state index contributed by atoms with van der Waals surface area (Å²) in [4.78, 5) is 7.81. The molecule has 0 radical (unpaired) electrons. The van der Waals surface area contributed by atoms with Gasteiger partial charge in [0.1, 0.15) is 5.82 Å². The molecule has 1 unspecified atom stereocenters. The van der Waals surface area contributed by atoms with Crippen LogP contribution in [-0.4, -0.2) is 43.3 Å². The Labute approximate surface area is 148 Å². The summed E-state index contributed by atoms with van der Waals surface area (Å²) in [6.07, 6.45) is 6.41. The molecule has 0 saturated carbocycles. The highest BCUT2D eigenvalue weighted by Crippen LogP contribution is 2.19. The van der Waals surface area contributed by atoms with E-state index in [1.54, 1.807) is 12.1 Å². The molecule has 3 N–H and O–H groups in total. The highest BCUT2D eigenvalue weighted by molar-refractivity contribution is 5.83. The number of H-pyrrole nitrogens is 1. The molecule has 0 spiro atoms. The number of fused-ring (bicyclic) bond motifs is 1. The van der Waals surface area contributed by atoms with E-state index in [1.165, 1.54) is 6.07 Å². The van der Waals surface area contributed by atoms with Crippen molar-refractivity contribution in [2.75, 3.05) is 26.2 Å². The topological polar surface area (TPSA) is 61.4 Å². The van der Waals surface area contributed by atoms with E-state index in [4.69, 9.17) is 4.74 Å². The number of hydrogen-bond donors (Lipinski definition) is 3. The Morgan fingerprint density at radius 3 is 3.12 bits per heavy atom. The van der Waals surface area contributed by atoms with Gasteiger partial charge in [-0.1, -0.05) is 0 Å². The van der Waals surface area contributed by atoms with Crippen molar-refractivity contribution in [3.8, 4) is 0 Å². The quantitative estimate of drug-likeness (QED) is 0.533. The van der Waals surface area contributed by atoms with E-state index in [0.29, 0.717) is 6.10 Å². The molecule has 3 rings (SSSR count). The van der Waals surface area contributed by atoms with Gasteiger partial charge in [-0.05, 0) is 56.4 Å². The highest BCUT2D eigenvalue weighted by atomic mass is 19.1. The molecule has 1 aliphatic heterocycles. The average Bonchev–Trinajstić information content (AvgIpc) is 3.25. The zero-order chi connectivity index (χ0) is 17.5. The minimum atomic E-state index is -0.203. The lowest BCUT2D eigenvalue weighted by Gasteiger charge is -2.12. The average molecular weight is 346 g/mol. The molecular weight excluding hydrogens is 319 g/mol. The van der Waals surface area contributed by atoms with Crippen LogP contribution in [0.2, 0.25) is 0 Å². The van der Waals surface area contributed by atoms with Crippen molar-refractivity contribution in [3.63, 3.8) is 0 Å². The van der Waals surface area contributed by atoms with E-state index in [0.717, 1.165) is 74.4 Å². The molecule has 0 amide bonds. The maximum atomic E-state index is 13.4. The third-order valence-electron chi connectivity index (χ3n) is 4.51. The number of halogens is 1. The molecule has 1 aromatic carbocycles. The van der Waals surface area contributed by atoms with Gasteiger partial charge in [0.2, 0.25) is 0 Å². The third-order valence-corrected chi connectivity index (χ3v) is 4.51. The second-order valence-corrected chi connectivity index (χ2v) is 6.36. The van der Waals surface area contributed by atoms with Gasteiger partial charge in [0.05, 0.1) is 6.10 Å². The molecule has 1 atom stereocenters. The molecule has 0 aliphatic carbocycles. The molecule has 1 fully saturated rings. The van der Waals surface area contributed by atoms with Gasteiger partial charge >= 0.3 is 0 Å². The van der Waals surface area contributed by atoms with Gasteiger partial charge in [-0.25, -0.2) is 4.39 Å². The van der Waals surface area contributed by atoms with E-state index in [9.17, 15) is 4.39 Å². The van der Waals surface area contributed by atoms with Crippen LogP contribution < -0.4 is 10.6 Å². The molecule has 6 heteroatoms. The maximum Gasteiger partial charge on any atom is 0.191 e. The SMILES string of the molecule is CCNC(=NCCC1CCCO1)NCCc1c[nH]c2ccc(F)cc12. The number of aliphatic imine (C=N–C) groups is 1. The summed E-state index contributed by atoms with van der Waals surface area (Å²) < 4.78 is 19.1. The first-order chi connectivity index (χ1) is 12.3. The Hall–Kier alpha value is -2.08. The smallest absolute Gasteiger partial charge is 0.191 e. The molecule has 2 heterocycles. The molecule has 1 aliphatic rings. The number of guanidine groups is 1. The van der Waals surface area contributed by atoms with Crippen LogP contribution in [0.3, 0.4) is 0 Å². The molecule has 0 bridgehead atoms. The summed E-state index contributed by atoms with van der Waals surface area (Å²) in [6.45, 7) is 5.27. The van der Waals surface area contributed by atoms with Crippen LogP contribution >= 0.6 is 0 Å². The maximum absolute atomic E-state index is 13.4. The van der Waals surface area contributed by atoms with Crippen molar-refractivity contribution in [1.82, 2.24) is 15.6 Å². The fourth-order valence-electron chi connectivity index (χ4n) is 3.21. The Morgan fingerprint density at radius 2 is 2.32 bits per heavy atom. The predicted octanol–water partition coefficient (Wildman–Crippen LogP) is 2.97. The first-order valence-electron chi connectivity index (χ1n) is 9.15. The van der Waals surface area contributed by atoms with Crippen molar-refractivity contribution in [2.24, 2.45) is 4.99 Å². The van der Waals surface area contributed by atoms with Crippen molar-refractivity contribution >= 4 is 16.9 Å². The summed E-state index contributed by atoms with van der Waals surface area (Å²) in [5.74, 6) is 0.622. The Kier molecular flexibility index (Phi) is 6.28. The standard InChI is InChI=1S/C19H27FN4O/c1-2-21-19(23-10-8-16-4-3-11-25-16)22-9-7-14-13-24-18-6-5-15(20)12-17(14)18/h5-6,12-13,16,24H,2-4,7-11H2,1H3,(H2,21,22,23). The molecule has 1 aromatic heterocycles. The summed E-state index contributed by atoms with van der Waals surface area (Å²) in [5, 5.41) is 7.57. The first kappa shape index (κ1) is 17.7. The van der Waals surface area contributed by atoms with E-state index < -0.39 is 0 Å². The Balaban J connectivity index is 1.51. The zero-order valence-electron chi connectivity index (χ0n) is 14.8.